The largest absolute Gasteiger partial charge is 0.480 e. The number of hydrogen-bond acceptors (Lipinski definition) is 4. The van der Waals surface area contributed by atoms with E-state index in [2.05, 4.69) is 5.32 Å². The van der Waals surface area contributed by atoms with Gasteiger partial charge in [0.2, 0.25) is 0 Å². The zero-order chi connectivity index (χ0) is 14.1. The summed E-state index contributed by atoms with van der Waals surface area (Å²) in [6.07, 6.45) is 4.32. The van der Waals surface area contributed by atoms with E-state index in [4.69, 9.17) is 5.11 Å². The Kier molecular flexibility index (Phi) is 9.09. The van der Waals surface area contributed by atoms with Crippen LogP contribution in [0.25, 0.3) is 0 Å². The molecule has 0 aliphatic carbocycles. The molecule has 0 radical (unpaired) electrons. The number of carboxylic acid groups (broad SMARTS) is 1. The number of rotatable bonds is 8. The Hall–Kier alpha value is -0.560. The second-order valence-corrected chi connectivity index (χ2v) is 5.93. The zero-order valence-corrected chi connectivity index (χ0v) is 12.9. The second-order valence-electron chi connectivity index (χ2n) is 4.04. The van der Waals surface area contributed by atoms with E-state index in [-0.39, 0.29) is 12.1 Å². The van der Waals surface area contributed by atoms with Gasteiger partial charge in [0.25, 0.3) is 0 Å². The van der Waals surface area contributed by atoms with Gasteiger partial charge in [-0.25, -0.2) is 9.59 Å². The topological polar surface area (TPSA) is 69.6 Å². The van der Waals surface area contributed by atoms with E-state index < -0.39 is 12.0 Å². The van der Waals surface area contributed by atoms with E-state index in [0.29, 0.717) is 12.2 Å². The summed E-state index contributed by atoms with van der Waals surface area (Å²) in [5, 5.41) is 11.6. The van der Waals surface area contributed by atoms with Crippen LogP contribution in [0.2, 0.25) is 0 Å². The number of carbonyl (C=O) groups is 2. The van der Waals surface area contributed by atoms with Gasteiger partial charge in [0.05, 0.1) is 0 Å². The van der Waals surface area contributed by atoms with Crippen LogP contribution in [0.5, 0.6) is 0 Å². The van der Waals surface area contributed by atoms with Gasteiger partial charge in [-0.05, 0) is 31.6 Å². The van der Waals surface area contributed by atoms with Gasteiger partial charge in [-0.1, -0.05) is 0 Å². The molecule has 5 nitrogen and oxygen atoms in total. The van der Waals surface area contributed by atoms with Gasteiger partial charge in [0.15, 0.2) is 0 Å². The average molecular weight is 294 g/mol. The van der Waals surface area contributed by atoms with Crippen molar-refractivity contribution in [2.75, 3.05) is 31.1 Å². The Bertz CT molecular complexity index is 277. The summed E-state index contributed by atoms with van der Waals surface area (Å²) >= 11 is 3.22. The van der Waals surface area contributed by atoms with Crippen LogP contribution < -0.4 is 5.32 Å². The van der Waals surface area contributed by atoms with Gasteiger partial charge in [0, 0.05) is 18.8 Å². The maximum atomic E-state index is 11.9. The van der Waals surface area contributed by atoms with E-state index in [1.165, 1.54) is 0 Å². The Morgan fingerprint density at radius 1 is 1.33 bits per heavy atom. The van der Waals surface area contributed by atoms with Crippen LogP contribution in [0.15, 0.2) is 0 Å². The van der Waals surface area contributed by atoms with Crippen LogP contribution in [0.3, 0.4) is 0 Å². The van der Waals surface area contributed by atoms with Crippen molar-refractivity contribution in [2.45, 2.75) is 25.4 Å². The van der Waals surface area contributed by atoms with Gasteiger partial charge in [-0.2, -0.15) is 23.5 Å². The Morgan fingerprint density at radius 3 is 2.39 bits per heavy atom. The molecule has 0 aromatic carbocycles. The number of carbonyl (C=O) groups excluding carboxylic acids is 1. The highest BCUT2D eigenvalue weighted by molar-refractivity contribution is 7.98. The van der Waals surface area contributed by atoms with Crippen molar-refractivity contribution in [3.05, 3.63) is 0 Å². The quantitative estimate of drug-likeness (QED) is 0.711. The summed E-state index contributed by atoms with van der Waals surface area (Å²) in [5.41, 5.74) is 0. The number of hydrogen-bond donors (Lipinski definition) is 2. The molecule has 0 aliphatic heterocycles. The number of carboxylic acids is 1. The zero-order valence-electron chi connectivity index (χ0n) is 11.3. The standard InChI is InChI=1S/C11H22N2O3S2/c1-8(7-18-4)13(2)11(16)12-9(10(14)15)5-6-17-3/h8-9H,5-7H2,1-4H3,(H,12,16)(H,14,15)/t8?,9-/m0/s1. The molecule has 2 atom stereocenters. The van der Waals surface area contributed by atoms with Crippen LogP contribution in [-0.4, -0.2) is 65.2 Å². The monoisotopic (exact) mass is 294 g/mol. The van der Waals surface area contributed by atoms with E-state index in [0.717, 1.165) is 5.75 Å². The van der Waals surface area contributed by atoms with Crippen molar-refractivity contribution in [1.29, 1.82) is 0 Å². The molecule has 0 aromatic rings. The Labute approximate surface area is 117 Å². The van der Waals surface area contributed by atoms with Crippen LogP contribution in [0.1, 0.15) is 13.3 Å². The number of urea groups is 1. The molecule has 7 heteroatoms. The second kappa shape index (κ2) is 9.38. The maximum absolute atomic E-state index is 11.9. The van der Waals surface area contributed by atoms with E-state index in [9.17, 15) is 9.59 Å². The molecule has 0 rings (SSSR count). The van der Waals surface area contributed by atoms with Crippen LogP contribution >= 0.6 is 23.5 Å². The minimum absolute atomic E-state index is 0.0787. The first-order valence-electron chi connectivity index (χ1n) is 5.68. The third kappa shape index (κ3) is 6.39. The lowest BCUT2D eigenvalue weighted by atomic mass is 10.2. The maximum Gasteiger partial charge on any atom is 0.326 e. The molecule has 18 heavy (non-hydrogen) atoms. The van der Waals surface area contributed by atoms with Gasteiger partial charge in [0.1, 0.15) is 6.04 Å². The molecule has 106 valence electrons. The fraction of sp³-hybridized carbons (Fsp3) is 0.818. The third-order valence-corrected chi connectivity index (χ3v) is 4.06. The Morgan fingerprint density at radius 2 is 1.94 bits per heavy atom. The molecule has 0 heterocycles. The molecule has 0 spiro atoms. The number of thioether (sulfide) groups is 2. The van der Waals surface area contributed by atoms with Crippen LogP contribution in [0, 0.1) is 0 Å². The molecule has 0 fully saturated rings. The van der Waals surface area contributed by atoms with E-state index >= 15 is 0 Å². The number of amides is 2. The summed E-state index contributed by atoms with van der Waals surface area (Å²) < 4.78 is 0. The fourth-order valence-electron chi connectivity index (χ4n) is 1.30. The lowest BCUT2D eigenvalue weighted by molar-refractivity contribution is -0.139. The highest BCUT2D eigenvalue weighted by atomic mass is 32.2. The molecule has 2 N–H and O–H groups in total. The van der Waals surface area contributed by atoms with Crippen LogP contribution in [-0.2, 0) is 4.79 Å². The first kappa shape index (κ1) is 17.4. The molecular weight excluding hydrogens is 272 g/mol. The van der Waals surface area contributed by atoms with Crippen molar-refractivity contribution in [1.82, 2.24) is 10.2 Å². The SMILES string of the molecule is CSCC[C@H](NC(=O)N(C)C(C)CSC)C(=O)O. The molecule has 0 aliphatic rings. The lowest BCUT2D eigenvalue weighted by Gasteiger charge is -2.26. The molecule has 2 amide bonds. The van der Waals surface area contributed by atoms with Gasteiger partial charge in [-0.3, -0.25) is 0 Å². The molecule has 1 unspecified atom stereocenters. The minimum Gasteiger partial charge on any atom is -0.480 e. The fourth-order valence-corrected chi connectivity index (χ4v) is 2.47. The van der Waals surface area contributed by atoms with Crippen molar-refractivity contribution in [2.24, 2.45) is 0 Å². The summed E-state index contributed by atoms with van der Waals surface area (Å²) in [6, 6.07) is -1.06. The summed E-state index contributed by atoms with van der Waals surface area (Å²) in [6.45, 7) is 1.94. The van der Waals surface area contributed by atoms with E-state index in [1.807, 2.05) is 19.4 Å². The third-order valence-electron chi connectivity index (χ3n) is 2.60. The smallest absolute Gasteiger partial charge is 0.326 e. The predicted molar refractivity (Wildman–Crippen MR) is 78.6 cm³/mol. The molecular formula is C11H22N2O3S2. The van der Waals surface area contributed by atoms with E-state index in [1.54, 1.807) is 35.5 Å². The van der Waals surface area contributed by atoms with Crippen molar-refractivity contribution in [3.63, 3.8) is 0 Å². The van der Waals surface area contributed by atoms with Crippen LogP contribution in [0.4, 0.5) is 4.79 Å². The number of nitrogens with one attached hydrogen (secondary N) is 1. The van der Waals surface area contributed by atoms with Crippen molar-refractivity contribution >= 4 is 35.5 Å². The molecule has 0 bridgehead atoms. The molecule has 0 saturated heterocycles. The van der Waals surface area contributed by atoms with Gasteiger partial charge < -0.3 is 15.3 Å². The first-order chi connectivity index (χ1) is 8.43. The first-order valence-corrected chi connectivity index (χ1v) is 8.46. The van der Waals surface area contributed by atoms with Gasteiger partial charge in [-0.15, -0.1) is 0 Å². The summed E-state index contributed by atoms with van der Waals surface area (Å²) in [5.74, 6) is 0.552. The number of nitrogens with zero attached hydrogens (tertiary/aromatic N) is 1. The Balaban J connectivity index is 4.35. The molecule has 0 saturated carbocycles. The highest BCUT2D eigenvalue weighted by Gasteiger charge is 2.23. The number of aliphatic carboxylic acids is 1. The van der Waals surface area contributed by atoms with Crippen molar-refractivity contribution < 1.29 is 14.7 Å². The van der Waals surface area contributed by atoms with Crippen molar-refractivity contribution in [3.8, 4) is 0 Å². The highest BCUT2D eigenvalue weighted by Crippen LogP contribution is 2.06. The minimum atomic E-state index is -0.983. The lowest BCUT2D eigenvalue weighted by Crippen LogP contribution is -2.49. The normalized spacial score (nSPS) is 13.8. The summed E-state index contributed by atoms with van der Waals surface area (Å²) in [7, 11) is 1.68. The molecule has 0 aromatic heterocycles. The predicted octanol–water partition coefficient (Wildman–Crippen LogP) is 1.59. The van der Waals surface area contributed by atoms with Gasteiger partial charge >= 0.3 is 12.0 Å². The average Bonchev–Trinajstić information content (AvgIpc) is 2.33. The summed E-state index contributed by atoms with van der Waals surface area (Å²) in [4.78, 5) is 24.4.